The molecular formula is C25H30F2N4O6. The molecule has 0 bridgehead atoms. The molecule has 3 aliphatic carbocycles. The van der Waals surface area contributed by atoms with Crippen LogP contribution in [0.3, 0.4) is 0 Å². The van der Waals surface area contributed by atoms with Gasteiger partial charge in [0.1, 0.15) is 6.10 Å². The maximum absolute atomic E-state index is 13.0. The SMILES string of the molecule is CC(N)c1oc(-c2ccc(OC(F)F)c(OCC3CC3)c2)nc1C(=O)NC1CC1NC(=O)OC1CCC1. The summed E-state index contributed by atoms with van der Waals surface area (Å²) in [5.74, 6) is 0.205. The normalized spacial score (nSPS) is 21.6. The summed E-state index contributed by atoms with van der Waals surface area (Å²) >= 11 is 0. The number of carbonyl (C=O) groups excluding carboxylic acids is 2. The van der Waals surface area contributed by atoms with Crippen LogP contribution >= 0.6 is 0 Å². The van der Waals surface area contributed by atoms with E-state index in [4.69, 9.17) is 19.6 Å². The number of nitrogens with zero attached hydrogens (tertiary/aromatic N) is 1. The molecule has 0 radical (unpaired) electrons. The van der Waals surface area contributed by atoms with Crippen LogP contribution in [0.25, 0.3) is 11.5 Å². The van der Waals surface area contributed by atoms with Gasteiger partial charge in [0.25, 0.3) is 5.91 Å². The Labute approximate surface area is 212 Å². The summed E-state index contributed by atoms with van der Waals surface area (Å²) in [7, 11) is 0. The van der Waals surface area contributed by atoms with Crippen LogP contribution in [0.15, 0.2) is 22.6 Å². The van der Waals surface area contributed by atoms with Crippen molar-refractivity contribution in [1.29, 1.82) is 0 Å². The Hall–Kier alpha value is -3.41. The molecule has 3 aliphatic rings. The van der Waals surface area contributed by atoms with Crippen LogP contribution in [0.2, 0.25) is 0 Å². The van der Waals surface area contributed by atoms with Gasteiger partial charge in [-0.25, -0.2) is 9.78 Å². The number of nitrogens with one attached hydrogen (secondary N) is 2. The smallest absolute Gasteiger partial charge is 0.407 e. The van der Waals surface area contributed by atoms with Crippen LogP contribution < -0.4 is 25.8 Å². The summed E-state index contributed by atoms with van der Waals surface area (Å²) in [6.07, 6.45) is 4.93. The summed E-state index contributed by atoms with van der Waals surface area (Å²) in [5.41, 5.74) is 6.46. The first kappa shape index (κ1) is 25.2. The van der Waals surface area contributed by atoms with Gasteiger partial charge in [-0.15, -0.1) is 0 Å². The lowest BCUT2D eigenvalue weighted by molar-refractivity contribution is -0.0515. The number of amides is 2. The lowest BCUT2D eigenvalue weighted by Crippen LogP contribution is -2.38. The number of alkyl halides is 2. The average molecular weight is 521 g/mol. The number of oxazole rings is 1. The molecule has 3 fully saturated rings. The fourth-order valence-electron chi connectivity index (χ4n) is 3.94. The van der Waals surface area contributed by atoms with Crippen LogP contribution in [-0.4, -0.2) is 48.4 Å². The van der Waals surface area contributed by atoms with Crippen molar-refractivity contribution in [1.82, 2.24) is 15.6 Å². The van der Waals surface area contributed by atoms with Crippen molar-refractivity contribution in [2.75, 3.05) is 6.61 Å². The van der Waals surface area contributed by atoms with Crippen LogP contribution in [0.4, 0.5) is 13.6 Å². The highest BCUT2D eigenvalue weighted by atomic mass is 19.3. The number of hydrogen-bond acceptors (Lipinski definition) is 8. The Morgan fingerprint density at radius 2 is 1.92 bits per heavy atom. The number of hydrogen-bond donors (Lipinski definition) is 3. The van der Waals surface area contributed by atoms with E-state index >= 15 is 0 Å². The quantitative estimate of drug-likeness (QED) is 0.406. The molecule has 200 valence electrons. The van der Waals surface area contributed by atoms with Gasteiger partial charge in [0.05, 0.1) is 24.7 Å². The molecule has 2 aromatic rings. The number of halogens is 2. The number of ether oxygens (including phenoxy) is 3. The van der Waals surface area contributed by atoms with Crippen molar-refractivity contribution >= 4 is 12.0 Å². The Morgan fingerprint density at radius 3 is 2.57 bits per heavy atom. The highest BCUT2D eigenvalue weighted by molar-refractivity contribution is 5.94. The zero-order valence-electron chi connectivity index (χ0n) is 20.4. The molecule has 3 atom stereocenters. The van der Waals surface area contributed by atoms with Gasteiger partial charge in [-0.3, -0.25) is 4.79 Å². The molecule has 2 amide bonds. The van der Waals surface area contributed by atoms with Crippen molar-refractivity contribution in [2.24, 2.45) is 11.7 Å². The van der Waals surface area contributed by atoms with Crippen LogP contribution in [-0.2, 0) is 4.74 Å². The van der Waals surface area contributed by atoms with E-state index in [1.165, 1.54) is 18.2 Å². The Bertz CT molecular complexity index is 1150. The molecular weight excluding hydrogens is 490 g/mol. The molecule has 0 spiro atoms. The van der Waals surface area contributed by atoms with E-state index in [0.29, 0.717) is 24.5 Å². The third-order valence-corrected chi connectivity index (χ3v) is 6.60. The molecule has 0 aliphatic heterocycles. The number of benzene rings is 1. The third kappa shape index (κ3) is 6.30. The standard InChI is InChI=1S/C25H30F2N4O6/c1-12(28)21-20(22(32)29-16-10-17(16)30-25(33)35-15-3-2-4-15)31-23(37-21)14-7-8-18(36-24(26)27)19(9-14)34-11-13-5-6-13/h7-9,12-13,15-17,24H,2-6,10-11,28H2,1H3,(H,29,32)(H,30,33). The highest BCUT2D eigenvalue weighted by Crippen LogP contribution is 2.37. The van der Waals surface area contributed by atoms with E-state index in [0.717, 1.165) is 32.1 Å². The van der Waals surface area contributed by atoms with Gasteiger partial charge in [0.15, 0.2) is 23.0 Å². The number of aromatic nitrogens is 1. The van der Waals surface area contributed by atoms with Crippen molar-refractivity contribution in [2.45, 2.75) is 76.3 Å². The van der Waals surface area contributed by atoms with E-state index in [1.54, 1.807) is 6.92 Å². The molecule has 37 heavy (non-hydrogen) atoms. The molecule has 5 rings (SSSR count). The summed E-state index contributed by atoms with van der Waals surface area (Å²) in [5, 5.41) is 5.59. The van der Waals surface area contributed by atoms with E-state index in [-0.39, 0.29) is 47.0 Å². The van der Waals surface area contributed by atoms with Crippen LogP contribution in [0, 0.1) is 5.92 Å². The molecule has 1 aromatic carbocycles. The molecule has 4 N–H and O–H groups in total. The first-order valence-corrected chi connectivity index (χ1v) is 12.5. The Kier molecular flexibility index (Phi) is 7.18. The third-order valence-electron chi connectivity index (χ3n) is 6.60. The zero-order valence-corrected chi connectivity index (χ0v) is 20.4. The predicted octanol–water partition coefficient (Wildman–Crippen LogP) is 3.90. The average Bonchev–Trinajstić information content (AvgIpc) is 3.73. The lowest BCUT2D eigenvalue weighted by atomic mass is 9.96. The van der Waals surface area contributed by atoms with Crippen molar-refractivity contribution in [3.8, 4) is 23.0 Å². The number of rotatable bonds is 11. The Morgan fingerprint density at radius 1 is 1.16 bits per heavy atom. The maximum Gasteiger partial charge on any atom is 0.407 e. The van der Waals surface area contributed by atoms with Gasteiger partial charge < -0.3 is 35.0 Å². The fraction of sp³-hybridized carbons (Fsp3) is 0.560. The largest absolute Gasteiger partial charge is 0.489 e. The van der Waals surface area contributed by atoms with E-state index in [1.807, 2.05) is 0 Å². The molecule has 3 unspecified atom stereocenters. The molecule has 1 heterocycles. The monoisotopic (exact) mass is 520 g/mol. The summed E-state index contributed by atoms with van der Waals surface area (Å²) in [6.45, 7) is -0.961. The van der Waals surface area contributed by atoms with E-state index < -0.39 is 24.7 Å². The number of nitrogens with two attached hydrogens (primary N) is 1. The molecule has 3 saturated carbocycles. The van der Waals surface area contributed by atoms with Gasteiger partial charge in [-0.05, 0) is 69.6 Å². The van der Waals surface area contributed by atoms with Crippen molar-refractivity contribution in [3.05, 3.63) is 29.7 Å². The predicted molar refractivity (Wildman–Crippen MR) is 126 cm³/mol. The molecule has 10 nitrogen and oxygen atoms in total. The minimum Gasteiger partial charge on any atom is -0.489 e. The van der Waals surface area contributed by atoms with Gasteiger partial charge in [-0.2, -0.15) is 8.78 Å². The number of carbonyl (C=O) groups is 2. The summed E-state index contributed by atoms with van der Waals surface area (Å²) in [4.78, 5) is 29.3. The first-order chi connectivity index (χ1) is 17.8. The number of alkyl carbamates (subject to hydrolysis) is 1. The maximum atomic E-state index is 13.0. The van der Waals surface area contributed by atoms with Gasteiger partial charge in [0.2, 0.25) is 5.89 Å². The minimum absolute atomic E-state index is 0.0149. The molecule has 12 heteroatoms. The van der Waals surface area contributed by atoms with E-state index in [9.17, 15) is 18.4 Å². The lowest BCUT2D eigenvalue weighted by Gasteiger charge is -2.25. The summed E-state index contributed by atoms with van der Waals surface area (Å²) < 4.78 is 47.1. The second kappa shape index (κ2) is 10.5. The molecule has 1 aromatic heterocycles. The second-order valence-electron chi connectivity index (χ2n) is 9.84. The Balaban J connectivity index is 1.27. The second-order valence-corrected chi connectivity index (χ2v) is 9.84. The van der Waals surface area contributed by atoms with Gasteiger partial charge in [0, 0.05) is 5.56 Å². The first-order valence-electron chi connectivity index (χ1n) is 12.5. The van der Waals surface area contributed by atoms with Crippen LogP contribution in [0.5, 0.6) is 11.5 Å². The summed E-state index contributed by atoms with van der Waals surface area (Å²) in [6, 6.07) is 3.20. The minimum atomic E-state index is -3.00. The fourth-order valence-corrected chi connectivity index (χ4v) is 3.94. The van der Waals surface area contributed by atoms with Crippen molar-refractivity contribution in [3.63, 3.8) is 0 Å². The van der Waals surface area contributed by atoms with Crippen LogP contribution in [0.1, 0.15) is 67.7 Å². The topological polar surface area (TPSA) is 138 Å². The highest BCUT2D eigenvalue weighted by Gasteiger charge is 2.41. The molecule has 0 saturated heterocycles. The van der Waals surface area contributed by atoms with Crippen molar-refractivity contribution < 1.29 is 37.0 Å². The van der Waals surface area contributed by atoms with Gasteiger partial charge in [-0.1, -0.05) is 0 Å². The van der Waals surface area contributed by atoms with E-state index in [2.05, 4.69) is 20.4 Å². The zero-order chi connectivity index (χ0) is 26.1. The van der Waals surface area contributed by atoms with Gasteiger partial charge >= 0.3 is 12.7 Å².